The molecule has 58 heavy (non-hydrogen) atoms. The molecule has 0 aliphatic carbocycles. The molecule has 0 radical (unpaired) electrons. The smallest absolute Gasteiger partial charge is 0.270 e. The Morgan fingerprint density at radius 1 is 0.845 bits per heavy atom. The SMILES string of the molecule is C=Cc1cc(C(=O)NCc2cccc(CC(=O)N(C)CCOCCOCCOCCOCCOCC(=O)Nc3nc(-c4ccccc4)c(NC=O)s3)c2)ncc1OC. The number of ether oxygens (including phenoxy) is 6. The number of aromatic nitrogens is 2. The van der Waals surface area contributed by atoms with Crippen LogP contribution >= 0.6 is 11.3 Å². The number of nitrogens with one attached hydrogen (secondary N) is 3. The summed E-state index contributed by atoms with van der Waals surface area (Å²) >= 11 is 1.16. The van der Waals surface area contributed by atoms with Crippen molar-refractivity contribution in [3.8, 4) is 17.0 Å². The minimum Gasteiger partial charge on any atom is -0.495 e. The molecule has 310 valence electrons. The molecular weight excluding hydrogens is 769 g/mol. The molecule has 0 spiro atoms. The van der Waals surface area contributed by atoms with E-state index in [1.54, 1.807) is 24.1 Å². The number of carbonyl (C=O) groups excluding carboxylic acids is 4. The molecule has 0 saturated heterocycles. The second-order valence-electron chi connectivity index (χ2n) is 12.4. The molecule has 4 amide bonds. The Bertz CT molecular complexity index is 1910. The predicted molar refractivity (Wildman–Crippen MR) is 220 cm³/mol. The number of carbonyl (C=O) groups is 4. The molecule has 2 heterocycles. The number of anilines is 2. The summed E-state index contributed by atoms with van der Waals surface area (Å²) in [7, 11) is 3.26. The molecule has 16 nitrogen and oxygen atoms in total. The highest BCUT2D eigenvalue weighted by atomic mass is 32.1. The number of hydrogen-bond acceptors (Lipinski definition) is 13. The molecule has 0 atom stereocenters. The van der Waals surface area contributed by atoms with E-state index in [0.717, 1.165) is 28.0 Å². The largest absolute Gasteiger partial charge is 0.495 e. The molecule has 2 aromatic carbocycles. The number of methoxy groups -OCH3 is 1. The molecule has 0 bridgehead atoms. The van der Waals surface area contributed by atoms with Crippen molar-refractivity contribution in [2.75, 3.05) is 97.4 Å². The summed E-state index contributed by atoms with van der Waals surface area (Å²) in [6.45, 7) is 7.50. The minimum absolute atomic E-state index is 0.0490. The lowest BCUT2D eigenvalue weighted by Crippen LogP contribution is -2.31. The maximum Gasteiger partial charge on any atom is 0.270 e. The van der Waals surface area contributed by atoms with Gasteiger partial charge in [-0.05, 0) is 17.2 Å². The highest BCUT2D eigenvalue weighted by Crippen LogP contribution is 2.35. The van der Waals surface area contributed by atoms with Crippen LogP contribution < -0.4 is 20.7 Å². The number of amides is 4. The third-order valence-electron chi connectivity index (χ3n) is 8.20. The second-order valence-corrected chi connectivity index (χ2v) is 13.4. The predicted octanol–water partition coefficient (Wildman–Crippen LogP) is 4.08. The first-order chi connectivity index (χ1) is 28.3. The van der Waals surface area contributed by atoms with Crippen LogP contribution in [0.25, 0.3) is 17.3 Å². The summed E-state index contributed by atoms with van der Waals surface area (Å²) < 4.78 is 32.7. The standard InChI is InChI=1S/C41H50N6O10S/c1-4-32-25-34(42-27-35(32)52-3)39(51)43-26-31-10-8-9-30(23-31)24-37(50)47(2)13-14-53-15-16-54-17-18-55-19-20-56-21-22-57-28-36(49)45-41-46-38(40(58-41)44-29-48)33-11-6-5-7-12-33/h4-12,23,25,27,29H,1,13-22,24,26,28H2,2-3H3,(H,43,51)(H,44,48)(H,45,46,49). The van der Waals surface area contributed by atoms with Crippen LogP contribution in [0, 0.1) is 0 Å². The van der Waals surface area contributed by atoms with Gasteiger partial charge in [0.25, 0.3) is 11.8 Å². The number of benzene rings is 2. The van der Waals surface area contributed by atoms with Crippen LogP contribution in [0.15, 0.2) is 73.4 Å². The molecule has 2 aromatic heterocycles. The van der Waals surface area contributed by atoms with Gasteiger partial charge >= 0.3 is 0 Å². The molecule has 17 heteroatoms. The van der Waals surface area contributed by atoms with Crippen molar-refractivity contribution in [3.63, 3.8) is 0 Å². The number of thiazole rings is 1. The summed E-state index contributed by atoms with van der Waals surface area (Å²) in [5, 5.41) is 9.06. The normalized spacial score (nSPS) is 10.8. The van der Waals surface area contributed by atoms with Gasteiger partial charge < -0.3 is 44.0 Å². The van der Waals surface area contributed by atoms with Gasteiger partial charge in [-0.3, -0.25) is 24.5 Å². The number of pyridine rings is 1. The van der Waals surface area contributed by atoms with Gasteiger partial charge in [0.2, 0.25) is 12.3 Å². The van der Waals surface area contributed by atoms with Gasteiger partial charge in [-0.1, -0.05) is 78.6 Å². The minimum atomic E-state index is -0.370. The second kappa shape index (κ2) is 25.6. The van der Waals surface area contributed by atoms with Gasteiger partial charge in [-0.2, -0.15) is 0 Å². The Kier molecular flexibility index (Phi) is 20.0. The van der Waals surface area contributed by atoms with Crippen LogP contribution in [-0.2, 0) is 51.0 Å². The third kappa shape index (κ3) is 15.8. The molecule has 3 N–H and O–H groups in total. The molecule has 4 aromatic rings. The van der Waals surface area contributed by atoms with E-state index >= 15 is 0 Å². The van der Waals surface area contributed by atoms with Crippen LogP contribution in [0.1, 0.15) is 27.2 Å². The van der Waals surface area contributed by atoms with E-state index in [9.17, 15) is 19.2 Å². The van der Waals surface area contributed by atoms with E-state index in [0.29, 0.717) is 92.9 Å². The zero-order chi connectivity index (χ0) is 41.4. The average molecular weight is 819 g/mol. The maximum absolute atomic E-state index is 12.8. The van der Waals surface area contributed by atoms with Crippen LogP contribution in [-0.4, -0.2) is 126 Å². The van der Waals surface area contributed by atoms with Gasteiger partial charge in [0.15, 0.2) is 5.13 Å². The lowest BCUT2D eigenvalue weighted by atomic mass is 10.1. The van der Waals surface area contributed by atoms with Crippen LogP contribution in [0.5, 0.6) is 5.75 Å². The summed E-state index contributed by atoms with van der Waals surface area (Å²) in [6.07, 6.45) is 3.88. The van der Waals surface area contributed by atoms with Crippen molar-refractivity contribution < 1.29 is 47.6 Å². The van der Waals surface area contributed by atoms with Crippen LogP contribution in [0.3, 0.4) is 0 Å². The van der Waals surface area contributed by atoms with Crippen molar-refractivity contribution in [2.45, 2.75) is 13.0 Å². The van der Waals surface area contributed by atoms with Crippen molar-refractivity contribution in [1.82, 2.24) is 20.2 Å². The van der Waals surface area contributed by atoms with E-state index in [1.807, 2.05) is 54.6 Å². The number of likely N-dealkylation sites (N-methyl/N-ethyl adjacent to an activating group) is 1. The van der Waals surface area contributed by atoms with Gasteiger partial charge in [-0.25, -0.2) is 9.97 Å². The molecular formula is C41H50N6O10S. The van der Waals surface area contributed by atoms with E-state index in [4.69, 9.17) is 28.4 Å². The quantitative estimate of drug-likeness (QED) is 0.0552. The molecule has 0 unspecified atom stereocenters. The van der Waals surface area contributed by atoms with E-state index in [2.05, 4.69) is 32.5 Å². The number of hydrogen-bond donors (Lipinski definition) is 3. The summed E-state index contributed by atoms with van der Waals surface area (Å²) in [5.74, 6) is -0.210. The Balaban J connectivity index is 0.954. The van der Waals surface area contributed by atoms with Crippen LogP contribution in [0.4, 0.5) is 10.1 Å². The van der Waals surface area contributed by atoms with Crippen LogP contribution in [0.2, 0.25) is 0 Å². The van der Waals surface area contributed by atoms with Gasteiger partial charge in [-0.15, -0.1) is 0 Å². The molecule has 0 saturated carbocycles. The van der Waals surface area contributed by atoms with Crippen molar-refractivity contribution >= 4 is 51.7 Å². The van der Waals surface area contributed by atoms with Crippen molar-refractivity contribution in [3.05, 3.63) is 95.8 Å². The maximum atomic E-state index is 12.8. The first-order valence-corrected chi connectivity index (χ1v) is 19.3. The number of rotatable bonds is 28. The first kappa shape index (κ1) is 45.1. The van der Waals surface area contributed by atoms with E-state index < -0.39 is 0 Å². The monoisotopic (exact) mass is 818 g/mol. The highest BCUT2D eigenvalue weighted by Gasteiger charge is 2.16. The average Bonchev–Trinajstić information content (AvgIpc) is 3.64. The van der Waals surface area contributed by atoms with Crippen molar-refractivity contribution in [2.24, 2.45) is 0 Å². The fraction of sp³-hybridized carbons (Fsp3) is 0.366. The summed E-state index contributed by atoms with van der Waals surface area (Å²) in [4.78, 5) is 59.0. The summed E-state index contributed by atoms with van der Waals surface area (Å²) in [6, 6.07) is 18.5. The van der Waals surface area contributed by atoms with Gasteiger partial charge in [0, 0.05) is 31.3 Å². The lowest BCUT2D eigenvalue weighted by Gasteiger charge is -2.17. The first-order valence-electron chi connectivity index (χ1n) is 18.5. The molecule has 0 aliphatic heterocycles. The van der Waals surface area contributed by atoms with E-state index in [-0.39, 0.29) is 49.6 Å². The molecule has 4 rings (SSSR count). The zero-order valence-electron chi connectivity index (χ0n) is 32.7. The Morgan fingerprint density at radius 3 is 2.16 bits per heavy atom. The van der Waals surface area contributed by atoms with Gasteiger partial charge in [0.1, 0.15) is 28.7 Å². The molecule has 0 aliphatic rings. The Morgan fingerprint density at radius 2 is 1.50 bits per heavy atom. The fourth-order valence-electron chi connectivity index (χ4n) is 5.19. The topological polar surface area (TPSA) is 189 Å². The lowest BCUT2D eigenvalue weighted by molar-refractivity contribution is -0.130. The number of nitrogens with zero attached hydrogens (tertiary/aromatic N) is 3. The zero-order valence-corrected chi connectivity index (χ0v) is 33.6. The third-order valence-corrected chi connectivity index (χ3v) is 9.10. The highest BCUT2D eigenvalue weighted by molar-refractivity contribution is 7.20. The fourth-order valence-corrected chi connectivity index (χ4v) is 6.05. The van der Waals surface area contributed by atoms with E-state index in [1.165, 1.54) is 13.3 Å². The Labute approximate surface area is 341 Å². The van der Waals surface area contributed by atoms with Crippen molar-refractivity contribution in [1.29, 1.82) is 0 Å². The Hall–Kier alpha value is -5.56. The van der Waals surface area contributed by atoms with Gasteiger partial charge in [0.05, 0.1) is 79.2 Å². The molecule has 0 fully saturated rings. The summed E-state index contributed by atoms with van der Waals surface area (Å²) in [5.41, 5.74) is 4.02.